The third kappa shape index (κ3) is 7.51. The Morgan fingerprint density at radius 1 is 1.07 bits per heavy atom. The minimum atomic E-state index is -0.895. The lowest BCUT2D eigenvalue weighted by molar-refractivity contribution is 0.607. The van der Waals surface area contributed by atoms with Gasteiger partial charge in [0.15, 0.2) is 0 Å². The standard InChI is InChI=1S/C11H25NOS/c1-5-6-7-8-9-10-12-14(13)11(2,3)4/h12H,5-10H2,1-4H3. The largest absolute Gasteiger partial charge is 0.242 e. The molecule has 0 aliphatic heterocycles. The van der Waals surface area contributed by atoms with Crippen LogP contribution in [0.3, 0.4) is 0 Å². The van der Waals surface area contributed by atoms with Crippen LogP contribution in [-0.4, -0.2) is 15.5 Å². The zero-order chi connectivity index (χ0) is 11.0. The van der Waals surface area contributed by atoms with Gasteiger partial charge >= 0.3 is 0 Å². The van der Waals surface area contributed by atoms with Crippen molar-refractivity contribution in [3.05, 3.63) is 0 Å². The molecule has 86 valence electrons. The van der Waals surface area contributed by atoms with Crippen LogP contribution in [0.15, 0.2) is 0 Å². The van der Waals surface area contributed by atoms with Crippen LogP contribution in [0.5, 0.6) is 0 Å². The molecule has 0 spiro atoms. The second kappa shape index (κ2) is 7.41. The van der Waals surface area contributed by atoms with Crippen molar-refractivity contribution >= 4 is 11.0 Å². The summed E-state index contributed by atoms with van der Waals surface area (Å²) in [6.45, 7) is 9.08. The summed E-state index contributed by atoms with van der Waals surface area (Å²) >= 11 is 0. The first-order chi connectivity index (χ1) is 6.48. The zero-order valence-electron chi connectivity index (χ0n) is 10.1. The number of hydrogen-bond donors (Lipinski definition) is 1. The van der Waals surface area contributed by atoms with Crippen molar-refractivity contribution in [3.8, 4) is 0 Å². The number of rotatable bonds is 7. The molecule has 2 nitrogen and oxygen atoms in total. The third-order valence-corrected chi connectivity index (χ3v) is 3.65. The zero-order valence-corrected chi connectivity index (χ0v) is 10.9. The third-order valence-electron chi connectivity index (χ3n) is 2.07. The van der Waals surface area contributed by atoms with E-state index >= 15 is 0 Å². The molecule has 0 aliphatic carbocycles. The summed E-state index contributed by atoms with van der Waals surface area (Å²) in [6, 6.07) is 0. The van der Waals surface area contributed by atoms with E-state index in [-0.39, 0.29) is 4.75 Å². The molecule has 0 radical (unpaired) electrons. The summed E-state index contributed by atoms with van der Waals surface area (Å²) in [5.74, 6) is 0. The molecule has 0 bridgehead atoms. The van der Waals surface area contributed by atoms with Gasteiger partial charge in [0.2, 0.25) is 0 Å². The fourth-order valence-electron chi connectivity index (χ4n) is 1.11. The SMILES string of the molecule is CCCCCCCNS(=O)C(C)(C)C. The average molecular weight is 219 g/mol. The molecule has 0 heterocycles. The van der Waals surface area contributed by atoms with Gasteiger partial charge in [0, 0.05) is 6.54 Å². The fourth-order valence-corrected chi connectivity index (χ4v) is 1.87. The van der Waals surface area contributed by atoms with Crippen LogP contribution >= 0.6 is 0 Å². The summed E-state index contributed by atoms with van der Waals surface area (Å²) in [4.78, 5) is 0. The molecule has 0 aromatic rings. The number of unbranched alkanes of at least 4 members (excludes halogenated alkanes) is 4. The van der Waals surface area contributed by atoms with E-state index in [0.717, 1.165) is 13.0 Å². The van der Waals surface area contributed by atoms with Gasteiger partial charge in [-0.15, -0.1) is 0 Å². The lowest BCUT2D eigenvalue weighted by Crippen LogP contribution is -2.33. The van der Waals surface area contributed by atoms with Crippen LogP contribution in [0.1, 0.15) is 59.8 Å². The van der Waals surface area contributed by atoms with Crippen LogP contribution in [0.2, 0.25) is 0 Å². The van der Waals surface area contributed by atoms with E-state index in [0.29, 0.717) is 0 Å². The lowest BCUT2D eigenvalue weighted by Gasteiger charge is -2.17. The number of hydrogen-bond acceptors (Lipinski definition) is 1. The summed E-state index contributed by atoms with van der Waals surface area (Å²) < 4.78 is 14.5. The lowest BCUT2D eigenvalue weighted by atomic mass is 10.2. The van der Waals surface area contributed by atoms with Crippen molar-refractivity contribution in [2.24, 2.45) is 0 Å². The van der Waals surface area contributed by atoms with E-state index in [1.54, 1.807) is 0 Å². The molecule has 3 heteroatoms. The van der Waals surface area contributed by atoms with Crippen LogP contribution in [0, 0.1) is 0 Å². The Hall–Kier alpha value is 0.110. The molecule has 0 aromatic carbocycles. The Morgan fingerprint density at radius 2 is 1.64 bits per heavy atom. The Balaban J connectivity index is 3.33. The Bertz CT molecular complexity index is 163. The predicted octanol–water partition coefficient (Wildman–Crippen LogP) is 3.01. The smallest absolute Gasteiger partial charge is 0.0970 e. The topological polar surface area (TPSA) is 29.1 Å². The van der Waals surface area contributed by atoms with Gasteiger partial charge in [-0.2, -0.15) is 0 Å². The Morgan fingerprint density at radius 3 is 2.14 bits per heavy atom. The van der Waals surface area contributed by atoms with E-state index in [1.165, 1.54) is 25.7 Å². The molecule has 0 rings (SSSR count). The first-order valence-corrected chi connectivity index (χ1v) is 6.79. The van der Waals surface area contributed by atoms with Gasteiger partial charge < -0.3 is 0 Å². The fraction of sp³-hybridized carbons (Fsp3) is 1.00. The molecule has 0 saturated heterocycles. The summed E-state index contributed by atoms with van der Waals surface area (Å²) in [5, 5.41) is 0. The summed E-state index contributed by atoms with van der Waals surface area (Å²) in [5.41, 5.74) is 0. The first kappa shape index (κ1) is 14.1. The van der Waals surface area contributed by atoms with E-state index in [2.05, 4.69) is 11.6 Å². The van der Waals surface area contributed by atoms with Gasteiger partial charge in [0.25, 0.3) is 0 Å². The molecule has 1 N–H and O–H groups in total. The highest BCUT2D eigenvalue weighted by Gasteiger charge is 2.18. The van der Waals surface area contributed by atoms with Crippen molar-refractivity contribution in [3.63, 3.8) is 0 Å². The second-order valence-electron chi connectivity index (χ2n) is 4.69. The molecule has 0 amide bonds. The quantitative estimate of drug-likeness (QED) is 0.655. The molecule has 1 atom stereocenters. The van der Waals surface area contributed by atoms with Gasteiger partial charge in [-0.1, -0.05) is 32.6 Å². The van der Waals surface area contributed by atoms with Crippen LogP contribution in [0.4, 0.5) is 0 Å². The van der Waals surface area contributed by atoms with E-state index in [4.69, 9.17) is 0 Å². The molecule has 1 unspecified atom stereocenters. The van der Waals surface area contributed by atoms with Gasteiger partial charge in [0.05, 0.1) is 15.7 Å². The van der Waals surface area contributed by atoms with Crippen molar-refractivity contribution < 1.29 is 4.21 Å². The molecule has 0 fully saturated rings. The van der Waals surface area contributed by atoms with E-state index in [9.17, 15) is 4.21 Å². The maximum absolute atomic E-state index is 11.6. The summed E-state index contributed by atoms with van der Waals surface area (Å²) in [6.07, 6.45) is 6.30. The predicted molar refractivity (Wildman–Crippen MR) is 64.7 cm³/mol. The van der Waals surface area contributed by atoms with Gasteiger partial charge in [0.1, 0.15) is 0 Å². The maximum atomic E-state index is 11.6. The normalized spacial score (nSPS) is 14.3. The second-order valence-corrected chi connectivity index (χ2v) is 6.74. The first-order valence-electron chi connectivity index (χ1n) is 5.64. The minimum absolute atomic E-state index is 0.135. The van der Waals surface area contributed by atoms with E-state index in [1.807, 2.05) is 20.8 Å². The highest BCUT2D eigenvalue weighted by Crippen LogP contribution is 2.08. The van der Waals surface area contributed by atoms with Crippen molar-refractivity contribution in [2.45, 2.75) is 64.5 Å². The molecular formula is C11H25NOS. The minimum Gasteiger partial charge on any atom is -0.242 e. The number of nitrogens with one attached hydrogen (secondary N) is 1. The van der Waals surface area contributed by atoms with Gasteiger partial charge in [-0.3, -0.25) is 0 Å². The van der Waals surface area contributed by atoms with Gasteiger partial charge in [-0.05, 0) is 27.2 Å². The molecule has 0 aromatic heterocycles. The van der Waals surface area contributed by atoms with Gasteiger partial charge in [-0.25, -0.2) is 8.93 Å². The average Bonchev–Trinajstić information content (AvgIpc) is 2.09. The maximum Gasteiger partial charge on any atom is 0.0970 e. The molecule has 0 saturated carbocycles. The van der Waals surface area contributed by atoms with Crippen LogP contribution in [-0.2, 0) is 11.0 Å². The Labute approximate surface area is 91.4 Å². The molecule has 0 aliphatic rings. The summed E-state index contributed by atoms with van der Waals surface area (Å²) in [7, 11) is -0.895. The van der Waals surface area contributed by atoms with Crippen LogP contribution in [0.25, 0.3) is 0 Å². The highest BCUT2D eigenvalue weighted by atomic mass is 32.2. The Kier molecular flexibility index (Phi) is 7.47. The molecular weight excluding hydrogens is 194 g/mol. The monoisotopic (exact) mass is 219 g/mol. The molecule has 14 heavy (non-hydrogen) atoms. The van der Waals surface area contributed by atoms with Crippen molar-refractivity contribution in [1.82, 2.24) is 4.72 Å². The van der Waals surface area contributed by atoms with E-state index < -0.39 is 11.0 Å². The highest BCUT2D eigenvalue weighted by molar-refractivity contribution is 7.84. The van der Waals surface area contributed by atoms with Crippen molar-refractivity contribution in [1.29, 1.82) is 0 Å². The van der Waals surface area contributed by atoms with Crippen LogP contribution < -0.4 is 4.72 Å². The van der Waals surface area contributed by atoms with Crippen molar-refractivity contribution in [2.75, 3.05) is 6.54 Å².